The molecule has 2 aliphatic rings. The van der Waals surface area contributed by atoms with Crippen LogP contribution in [0.3, 0.4) is 0 Å². The van der Waals surface area contributed by atoms with Crippen molar-refractivity contribution >= 4 is 28.0 Å². The molecule has 2 atom stereocenters. The van der Waals surface area contributed by atoms with Gasteiger partial charge in [-0.05, 0) is 76.3 Å². The van der Waals surface area contributed by atoms with E-state index in [0.29, 0.717) is 12.1 Å². The van der Waals surface area contributed by atoms with Crippen molar-refractivity contribution < 1.29 is 27.5 Å². The van der Waals surface area contributed by atoms with Crippen molar-refractivity contribution in [3.63, 3.8) is 0 Å². The number of carbonyl (C=O) groups is 2. The van der Waals surface area contributed by atoms with Gasteiger partial charge >= 0.3 is 6.09 Å². The second-order valence-corrected chi connectivity index (χ2v) is 14.8. The summed E-state index contributed by atoms with van der Waals surface area (Å²) < 4.78 is 42.0. The van der Waals surface area contributed by atoms with E-state index in [9.17, 15) is 18.0 Å². The van der Waals surface area contributed by atoms with Crippen LogP contribution < -0.4 is 9.46 Å². The number of hydrogen-bond acceptors (Lipinski definition) is 8. The molecule has 1 fully saturated rings. The number of fused-ring (bicyclic) bond motifs is 6. The quantitative estimate of drug-likeness (QED) is 0.403. The van der Waals surface area contributed by atoms with Crippen LogP contribution in [-0.2, 0) is 14.8 Å². The minimum atomic E-state index is -4.17. The molecular weight excluding hydrogens is 594 g/mol. The lowest BCUT2D eigenvalue weighted by Crippen LogP contribution is -2.51. The number of benzene rings is 2. The number of nitrogens with zero attached hydrogens (tertiary/aromatic N) is 4. The molecule has 12 heteroatoms. The van der Waals surface area contributed by atoms with Crippen LogP contribution >= 0.6 is 0 Å². The molecule has 0 saturated carbocycles. The van der Waals surface area contributed by atoms with Crippen molar-refractivity contribution in [3.8, 4) is 17.1 Å². The summed E-state index contributed by atoms with van der Waals surface area (Å²) in [7, 11) is -4.17. The van der Waals surface area contributed by atoms with Crippen molar-refractivity contribution in [2.24, 2.45) is 5.92 Å². The van der Waals surface area contributed by atoms with Crippen LogP contribution in [0, 0.1) is 19.8 Å². The summed E-state index contributed by atoms with van der Waals surface area (Å²) in [4.78, 5) is 39.8. The van der Waals surface area contributed by atoms with Gasteiger partial charge in [0.25, 0.3) is 15.9 Å². The second-order valence-electron chi connectivity index (χ2n) is 13.1. The fourth-order valence-corrected chi connectivity index (χ4v) is 6.81. The summed E-state index contributed by atoms with van der Waals surface area (Å²) in [6.07, 6.45) is -0.651. The molecule has 11 nitrogen and oxygen atoms in total. The highest BCUT2D eigenvalue weighted by Gasteiger charge is 2.40. The number of rotatable bonds is 3. The highest BCUT2D eigenvalue weighted by Crippen LogP contribution is 2.32. The lowest BCUT2D eigenvalue weighted by atomic mass is 9.97. The molecule has 2 aromatic carbocycles. The minimum absolute atomic E-state index is 0.101. The van der Waals surface area contributed by atoms with E-state index in [1.54, 1.807) is 21.9 Å². The van der Waals surface area contributed by atoms with Crippen LogP contribution in [0.1, 0.15) is 62.5 Å². The average molecular weight is 636 g/mol. The van der Waals surface area contributed by atoms with Gasteiger partial charge in [-0.1, -0.05) is 38.1 Å². The summed E-state index contributed by atoms with van der Waals surface area (Å²) in [5, 5.41) is 0. The highest BCUT2D eigenvalue weighted by molar-refractivity contribution is 7.92. The molecule has 0 spiro atoms. The van der Waals surface area contributed by atoms with Gasteiger partial charge in [0.2, 0.25) is 11.8 Å². The lowest BCUT2D eigenvalue weighted by Gasteiger charge is -2.36. The summed E-state index contributed by atoms with van der Waals surface area (Å²) in [5.41, 5.74) is 2.66. The van der Waals surface area contributed by atoms with Crippen molar-refractivity contribution in [1.82, 2.24) is 19.8 Å². The molecule has 3 heterocycles. The Kier molecular flexibility index (Phi) is 8.81. The van der Waals surface area contributed by atoms with Crippen LogP contribution in [-0.4, -0.2) is 77.6 Å². The normalized spacial score (nSPS) is 19.8. The summed E-state index contributed by atoms with van der Waals surface area (Å²) in [6.45, 7) is 14.0. The number of amides is 2. The molecule has 3 aromatic rings. The first kappa shape index (κ1) is 32.2. The Morgan fingerprint density at radius 1 is 1.07 bits per heavy atom. The third-order valence-electron chi connectivity index (χ3n) is 7.80. The maximum Gasteiger partial charge on any atom is 0.410 e. The fourth-order valence-electron chi connectivity index (χ4n) is 5.83. The molecule has 0 unspecified atom stereocenters. The molecule has 5 rings (SSSR count). The first-order chi connectivity index (χ1) is 21.1. The average Bonchev–Trinajstić information content (AvgIpc) is 3.10. The van der Waals surface area contributed by atoms with Gasteiger partial charge in [-0.2, -0.15) is 4.98 Å². The number of hydrogen-bond donors (Lipinski definition) is 1. The standard InChI is InChI=1S/C33H41N5O6S/c1-20(2)16-26-27-19-37(14-15-38(26)32(40)44-33(5,6)7)30(39)23-12-9-13-24(17-23)45(41,42)36-31-34-25(18-28(35-31)43-27)29-21(3)10-8-11-22(29)4/h8-13,17-18,20,26-27H,14-16,19H2,1-7H3,(H,34,35,36)/t26-,27-/m0/s1. The van der Waals surface area contributed by atoms with Gasteiger partial charge in [0.15, 0.2) is 0 Å². The van der Waals surface area contributed by atoms with Gasteiger partial charge in [-0.3, -0.25) is 9.69 Å². The zero-order chi connectivity index (χ0) is 32.7. The summed E-state index contributed by atoms with van der Waals surface area (Å²) >= 11 is 0. The molecule has 0 aliphatic carbocycles. The molecule has 1 aromatic heterocycles. The van der Waals surface area contributed by atoms with E-state index in [4.69, 9.17) is 9.47 Å². The highest BCUT2D eigenvalue weighted by atomic mass is 32.2. The van der Waals surface area contributed by atoms with E-state index < -0.39 is 33.9 Å². The third kappa shape index (κ3) is 7.22. The van der Waals surface area contributed by atoms with Crippen molar-refractivity contribution in [2.75, 3.05) is 24.4 Å². The van der Waals surface area contributed by atoms with Gasteiger partial charge in [0.1, 0.15) is 11.7 Å². The van der Waals surface area contributed by atoms with E-state index in [0.717, 1.165) is 16.7 Å². The van der Waals surface area contributed by atoms with Crippen LogP contribution in [0.2, 0.25) is 0 Å². The molecule has 1 saturated heterocycles. The van der Waals surface area contributed by atoms with E-state index in [-0.39, 0.29) is 53.7 Å². The molecular formula is C33H41N5O6S. The van der Waals surface area contributed by atoms with E-state index >= 15 is 0 Å². The molecule has 2 amide bonds. The monoisotopic (exact) mass is 635 g/mol. The van der Waals surface area contributed by atoms with Crippen molar-refractivity contribution in [2.45, 2.75) is 77.5 Å². The van der Waals surface area contributed by atoms with E-state index in [1.807, 2.05) is 52.8 Å². The SMILES string of the molecule is Cc1cccc(C)c1-c1cc2nc(n1)NS(=O)(=O)c1cccc(c1)C(=O)N1CCN(C(=O)OC(C)(C)C)[C@@H](CC(C)C)[C@H](C1)O2. The molecule has 240 valence electrons. The number of aryl methyl sites for hydroxylation is 2. The predicted molar refractivity (Wildman–Crippen MR) is 171 cm³/mol. The van der Waals surface area contributed by atoms with Gasteiger partial charge in [-0.25, -0.2) is 22.9 Å². The fraction of sp³-hybridized carbons (Fsp3) is 0.455. The maximum absolute atomic E-state index is 13.9. The summed E-state index contributed by atoms with van der Waals surface area (Å²) in [6, 6.07) is 12.9. The van der Waals surface area contributed by atoms with Crippen LogP contribution in [0.4, 0.5) is 10.7 Å². The minimum Gasteiger partial charge on any atom is -0.470 e. The van der Waals surface area contributed by atoms with Crippen molar-refractivity contribution in [1.29, 1.82) is 0 Å². The smallest absolute Gasteiger partial charge is 0.410 e. The predicted octanol–water partition coefficient (Wildman–Crippen LogP) is 5.43. The Hall–Kier alpha value is -4.19. The Bertz CT molecular complexity index is 1700. The first-order valence-electron chi connectivity index (χ1n) is 15.2. The molecule has 6 bridgehead atoms. The number of aromatic nitrogens is 2. The van der Waals surface area contributed by atoms with E-state index in [2.05, 4.69) is 28.5 Å². The largest absolute Gasteiger partial charge is 0.470 e. The van der Waals surface area contributed by atoms with Gasteiger partial charge in [-0.15, -0.1) is 0 Å². The van der Waals surface area contributed by atoms with Crippen LogP contribution in [0.25, 0.3) is 11.3 Å². The summed E-state index contributed by atoms with van der Waals surface area (Å²) in [5.74, 6) is -0.257. The Morgan fingerprint density at radius 3 is 2.42 bits per heavy atom. The zero-order valence-electron chi connectivity index (χ0n) is 26.8. The third-order valence-corrected chi connectivity index (χ3v) is 9.12. The number of ether oxygens (including phenoxy) is 2. The number of carbonyl (C=O) groups excluding carboxylic acids is 2. The van der Waals surface area contributed by atoms with Gasteiger partial charge in [0.05, 0.1) is 23.2 Å². The number of anilines is 1. The first-order valence-corrected chi connectivity index (χ1v) is 16.6. The zero-order valence-corrected chi connectivity index (χ0v) is 27.6. The molecule has 2 aliphatic heterocycles. The molecule has 1 N–H and O–H groups in total. The van der Waals surface area contributed by atoms with Crippen molar-refractivity contribution in [3.05, 3.63) is 65.2 Å². The molecule has 45 heavy (non-hydrogen) atoms. The van der Waals surface area contributed by atoms with Gasteiger partial charge < -0.3 is 14.4 Å². The van der Waals surface area contributed by atoms with Crippen LogP contribution in [0.15, 0.2) is 53.4 Å². The number of sulfonamides is 1. The topological polar surface area (TPSA) is 131 Å². The molecule has 0 radical (unpaired) electrons. The van der Waals surface area contributed by atoms with Gasteiger partial charge in [0, 0.05) is 30.3 Å². The van der Waals surface area contributed by atoms with Crippen LogP contribution in [0.5, 0.6) is 5.88 Å². The van der Waals surface area contributed by atoms with E-state index in [1.165, 1.54) is 18.2 Å². The maximum atomic E-state index is 13.9. The Morgan fingerprint density at radius 2 is 1.76 bits per heavy atom. The second kappa shape index (κ2) is 12.3. The Labute approximate surface area is 265 Å². The number of nitrogens with one attached hydrogen (secondary N) is 1. The Balaban J connectivity index is 1.71. The lowest BCUT2D eigenvalue weighted by molar-refractivity contribution is -0.000141.